The van der Waals surface area contributed by atoms with Gasteiger partial charge in [0, 0.05) is 12.3 Å². The van der Waals surface area contributed by atoms with E-state index in [0.29, 0.717) is 5.69 Å². The van der Waals surface area contributed by atoms with Gasteiger partial charge in [0.1, 0.15) is 11.4 Å². The van der Waals surface area contributed by atoms with Gasteiger partial charge < -0.3 is 4.74 Å². The molecule has 4 heteroatoms. The molecule has 16 heavy (non-hydrogen) atoms. The van der Waals surface area contributed by atoms with Crippen LogP contribution in [0, 0.1) is 6.92 Å². The topological polar surface area (TPSA) is 44.1 Å². The number of aromatic nitrogens is 2. The molecule has 0 unspecified atom stereocenters. The van der Waals surface area contributed by atoms with Crippen molar-refractivity contribution >= 4 is 6.29 Å². The van der Waals surface area contributed by atoms with Crippen LogP contribution in [-0.2, 0) is 0 Å². The van der Waals surface area contributed by atoms with E-state index in [9.17, 15) is 4.79 Å². The summed E-state index contributed by atoms with van der Waals surface area (Å²) in [6, 6.07) is 7.51. The van der Waals surface area contributed by atoms with E-state index < -0.39 is 0 Å². The molecule has 82 valence electrons. The second-order valence-corrected chi connectivity index (χ2v) is 3.46. The molecule has 0 atom stereocenters. The zero-order valence-corrected chi connectivity index (χ0v) is 9.18. The maximum atomic E-state index is 10.7. The van der Waals surface area contributed by atoms with Crippen molar-refractivity contribution < 1.29 is 9.53 Å². The Morgan fingerprint density at radius 2 is 2.25 bits per heavy atom. The van der Waals surface area contributed by atoms with Crippen molar-refractivity contribution in [3.63, 3.8) is 0 Å². The highest BCUT2D eigenvalue weighted by Gasteiger charge is 2.05. The molecule has 0 amide bonds. The molecule has 0 saturated carbocycles. The quantitative estimate of drug-likeness (QED) is 0.737. The van der Waals surface area contributed by atoms with Crippen LogP contribution in [0.15, 0.2) is 30.5 Å². The standard InChI is InChI=1S/C12H12N2O2/c1-9-7-14(13-12(9)8-15)10-4-3-5-11(6-10)16-2/h3-8H,1-2H3. The molecule has 0 spiro atoms. The average molecular weight is 216 g/mol. The van der Waals surface area contributed by atoms with Gasteiger partial charge in [0.2, 0.25) is 0 Å². The fourth-order valence-corrected chi connectivity index (χ4v) is 1.48. The van der Waals surface area contributed by atoms with E-state index in [1.165, 1.54) is 0 Å². The number of hydrogen-bond acceptors (Lipinski definition) is 3. The van der Waals surface area contributed by atoms with Crippen LogP contribution in [0.25, 0.3) is 5.69 Å². The van der Waals surface area contributed by atoms with E-state index in [-0.39, 0.29) is 0 Å². The molecule has 0 bridgehead atoms. The molecule has 2 aromatic rings. The average Bonchev–Trinajstić information content (AvgIpc) is 2.71. The molecule has 4 nitrogen and oxygen atoms in total. The highest BCUT2D eigenvalue weighted by Crippen LogP contribution is 2.16. The fraction of sp³-hybridized carbons (Fsp3) is 0.167. The Kier molecular flexibility index (Phi) is 2.72. The number of benzene rings is 1. The van der Waals surface area contributed by atoms with Gasteiger partial charge in [-0.2, -0.15) is 5.10 Å². The zero-order valence-electron chi connectivity index (χ0n) is 9.18. The van der Waals surface area contributed by atoms with Crippen LogP contribution in [0.3, 0.4) is 0 Å². The van der Waals surface area contributed by atoms with Crippen LogP contribution in [-0.4, -0.2) is 23.2 Å². The highest BCUT2D eigenvalue weighted by molar-refractivity contribution is 5.73. The predicted molar refractivity (Wildman–Crippen MR) is 60.2 cm³/mol. The van der Waals surface area contributed by atoms with E-state index in [4.69, 9.17) is 4.74 Å². The van der Waals surface area contributed by atoms with Crippen molar-refractivity contribution in [2.75, 3.05) is 7.11 Å². The first-order valence-corrected chi connectivity index (χ1v) is 4.90. The smallest absolute Gasteiger partial charge is 0.170 e. The minimum Gasteiger partial charge on any atom is -0.497 e. The van der Waals surface area contributed by atoms with Gasteiger partial charge >= 0.3 is 0 Å². The summed E-state index contributed by atoms with van der Waals surface area (Å²) in [5.41, 5.74) is 2.19. The second-order valence-electron chi connectivity index (χ2n) is 3.46. The Balaban J connectivity index is 2.45. The third-order valence-electron chi connectivity index (χ3n) is 2.36. The summed E-state index contributed by atoms with van der Waals surface area (Å²) in [6.07, 6.45) is 2.57. The lowest BCUT2D eigenvalue weighted by Crippen LogP contribution is -1.96. The number of carbonyl (C=O) groups is 1. The first kappa shape index (κ1) is 10.4. The van der Waals surface area contributed by atoms with Gasteiger partial charge in [0.15, 0.2) is 6.29 Å². The van der Waals surface area contributed by atoms with Crippen molar-refractivity contribution in [3.8, 4) is 11.4 Å². The molecule has 0 saturated heterocycles. The van der Waals surface area contributed by atoms with Crippen molar-refractivity contribution in [3.05, 3.63) is 41.7 Å². The summed E-state index contributed by atoms with van der Waals surface area (Å²) in [6.45, 7) is 1.85. The molecule has 2 rings (SSSR count). The lowest BCUT2D eigenvalue weighted by molar-refractivity contribution is 0.111. The van der Waals surface area contributed by atoms with Crippen LogP contribution in [0.5, 0.6) is 5.75 Å². The number of carbonyl (C=O) groups excluding carboxylic acids is 1. The van der Waals surface area contributed by atoms with Crippen LogP contribution >= 0.6 is 0 Å². The van der Waals surface area contributed by atoms with Gasteiger partial charge in [-0.25, -0.2) is 4.68 Å². The first-order valence-electron chi connectivity index (χ1n) is 4.90. The van der Waals surface area contributed by atoms with Gasteiger partial charge in [-0.3, -0.25) is 4.79 Å². The van der Waals surface area contributed by atoms with E-state index >= 15 is 0 Å². The highest BCUT2D eigenvalue weighted by atomic mass is 16.5. The number of aryl methyl sites for hydroxylation is 1. The molecule has 1 heterocycles. The molecule has 0 aliphatic rings. The summed E-state index contributed by atoms with van der Waals surface area (Å²) >= 11 is 0. The predicted octanol–water partition coefficient (Wildman–Crippen LogP) is 2.00. The number of ether oxygens (including phenoxy) is 1. The van der Waals surface area contributed by atoms with Gasteiger partial charge in [-0.15, -0.1) is 0 Å². The number of aldehydes is 1. The van der Waals surface area contributed by atoms with Crippen molar-refractivity contribution in [1.82, 2.24) is 9.78 Å². The minimum absolute atomic E-state index is 0.461. The summed E-state index contributed by atoms with van der Waals surface area (Å²) in [5, 5.41) is 4.17. The maximum absolute atomic E-state index is 10.7. The lowest BCUT2D eigenvalue weighted by atomic mass is 10.3. The largest absolute Gasteiger partial charge is 0.497 e. The molecule has 1 aromatic carbocycles. The molecule has 0 fully saturated rings. The van der Waals surface area contributed by atoms with Crippen LogP contribution < -0.4 is 4.74 Å². The molecule has 0 aliphatic carbocycles. The van der Waals surface area contributed by atoms with Crippen molar-refractivity contribution in [1.29, 1.82) is 0 Å². The maximum Gasteiger partial charge on any atom is 0.170 e. The first-order chi connectivity index (χ1) is 7.74. The Labute approximate surface area is 93.5 Å². The summed E-state index contributed by atoms with van der Waals surface area (Å²) in [5.74, 6) is 0.762. The minimum atomic E-state index is 0.461. The lowest BCUT2D eigenvalue weighted by Gasteiger charge is -2.03. The van der Waals surface area contributed by atoms with Gasteiger partial charge in [-0.1, -0.05) is 6.07 Å². The SMILES string of the molecule is COc1cccc(-n2cc(C)c(C=O)n2)c1. The fourth-order valence-electron chi connectivity index (χ4n) is 1.48. The van der Waals surface area contributed by atoms with Crippen LogP contribution in [0.1, 0.15) is 16.1 Å². The van der Waals surface area contributed by atoms with Gasteiger partial charge in [0.05, 0.1) is 12.8 Å². The zero-order chi connectivity index (χ0) is 11.5. The molecule has 0 N–H and O–H groups in total. The van der Waals surface area contributed by atoms with E-state index in [1.807, 2.05) is 37.4 Å². The van der Waals surface area contributed by atoms with Crippen molar-refractivity contribution in [2.45, 2.75) is 6.92 Å². The van der Waals surface area contributed by atoms with E-state index in [2.05, 4.69) is 5.10 Å². The number of methoxy groups -OCH3 is 1. The molecule has 0 aliphatic heterocycles. The summed E-state index contributed by atoms with van der Waals surface area (Å²) in [7, 11) is 1.62. The van der Waals surface area contributed by atoms with E-state index in [1.54, 1.807) is 11.8 Å². The molecule has 1 aromatic heterocycles. The number of rotatable bonds is 3. The molecular formula is C12H12N2O2. The van der Waals surface area contributed by atoms with Gasteiger partial charge in [0.25, 0.3) is 0 Å². The molecule has 0 radical (unpaired) electrons. The Morgan fingerprint density at radius 1 is 1.44 bits per heavy atom. The van der Waals surface area contributed by atoms with E-state index in [0.717, 1.165) is 23.3 Å². The third kappa shape index (κ3) is 1.82. The number of hydrogen-bond donors (Lipinski definition) is 0. The second kappa shape index (κ2) is 4.18. The Morgan fingerprint density at radius 3 is 2.88 bits per heavy atom. The van der Waals surface area contributed by atoms with Crippen LogP contribution in [0.2, 0.25) is 0 Å². The van der Waals surface area contributed by atoms with Gasteiger partial charge in [-0.05, 0) is 24.6 Å². The molecular weight excluding hydrogens is 204 g/mol. The monoisotopic (exact) mass is 216 g/mol. The summed E-state index contributed by atoms with van der Waals surface area (Å²) in [4.78, 5) is 10.7. The normalized spacial score (nSPS) is 10.1. The van der Waals surface area contributed by atoms with Crippen molar-refractivity contribution in [2.24, 2.45) is 0 Å². The summed E-state index contributed by atoms with van der Waals surface area (Å²) < 4.78 is 6.80. The van der Waals surface area contributed by atoms with Crippen LogP contribution in [0.4, 0.5) is 0 Å². The number of nitrogens with zero attached hydrogens (tertiary/aromatic N) is 2. The Hall–Kier alpha value is -2.10. The third-order valence-corrected chi connectivity index (χ3v) is 2.36. The Bertz CT molecular complexity index is 517.